The van der Waals surface area contributed by atoms with Crippen molar-refractivity contribution in [1.82, 2.24) is 19.9 Å². The molecule has 11 heavy (non-hydrogen) atoms. The molecule has 0 saturated carbocycles. The summed E-state index contributed by atoms with van der Waals surface area (Å²) in [6.07, 6.45) is 3.16. The minimum Gasteiger partial charge on any atom is -0.368 e. The molecule has 0 saturated heterocycles. The summed E-state index contributed by atoms with van der Waals surface area (Å²) in [7, 11) is 0. The van der Waals surface area contributed by atoms with Gasteiger partial charge in [-0.05, 0) is 0 Å². The van der Waals surface area contributed by atoms with Crippen molar-refractivity contribution in [3.63, 3.8) is 0 Å². The molecule has 0 aliphatic carbocycles. The average molecular weight is 340 g/mol. The van der Waals surface area contributed by atoms with Crippen LogP contribution in [0, 0.1) is 0 Å². The van der Waals surface area contributed by atoms with Crippen LogP contribution in [0.25, 0.3) is 11.2 Å². The van der Waals surface area contributed by atoms with E-state index in [0.717, 1.165) is 5.52 Å². The molecule has 6 heteroatoms. The Balaban J connectivity index is 0.000000605. The third kappa shape index (κ3) is 1.47. The average Bonchev–Trinajstić information content (AvgIpc) is 2.33. The van der Waals surface area contributed by atoms with Gasteiger partial charge >= 0.3 is 0 Å². The summed E-state index contributed by atoms with van der Waals surface area (Å²) in [5, 5.41) is 0. The predicted octanol–water partition coefficient (Wildman–Crippen LogP) is -0.446. The van der Waals surface area contributed by atoms with Gasteiger partial charge in [-0.2, -0.15) is 4.98 Å². The first-order valence-corrected chi connectivity index (χ1v) is 2.78. The first kappa shape index (κ1) is 8.37. The normalized spacial score (nSPS) is 9.45. The molecule has 0 fully saturated rings. The first-order valence-electron chi connectivity index (χ1n) is 2.78. The number of rotatable bonds is 0. The molecular weight excluding hydrogens is 334 g/mol. The molecule has 0 aliphatic rings. The number of hydrogen-bond acceptors (Lipinski definition) is 4. The number of imidazole rings is 1. The van der Waals surface area contributed by atoms with Crippen molar-refractivity contribution in [2.45, 2.75) is 0 Å². The van der Waals surface area contributed by atoms with E-state index in [2.05, 4.69) is 19.9 Å². The third-order valence-electron chi connectivity index (χ3n) is 1.19. The number of nitrogen functional groups attached to an aromatic ring is 1. The van der Waals surface area contributed by atoms with Gasteiger partial charge in [-0.1, -0.05) is 0 Å². The van der Waals surface area contributed by atoms with E-state index in [1.807, 2.05) is 0 Å². The van der Waals surface area contributed by atoms with Gasteiger partial charge in [0.2, 0.25) is 5.95 Å². The van der Waals surface area contributed by atoms with E-state index in [1.54, 1.807) is 12.5 Å². The molecule has 2 aromatic rings. The van der Waals surface area contributed by atoms with Gasteiger partial charge in [-0.25, -0.2) is 9.97 Å². The quantitative estimate of drug-likeness (QED) is 0.638. The molecule has 2 rings (SSSR count). The van der Waals surface area contributed by atoms with Crippen LogP contribution in [0.5, 0.6) is 0 Å². The number of nitrogens with two attached hydrogens (primary N) is 1. The number of nitrogens with one attached hydrogen (secondary N) is 1. The summed E-state index contributed by atoms with van der Waals surface area (Å²) in [5.41, 5.74) is 6.71. The van der Waals surface area contributed by atoms with Crippen molar-refractivity contribution >= 4 is 44.4 Å². The standard InChI is InChI=1S/C5H5N5.Tl/c6-5-7-1-3-4(10-5)9-2-8-3;/h1-2H,(H3,6,7,8,9,10);. The van der Waals surface area contributed by atoms with Crippen LogP contribution < -0.4 is 5.73 Å². The molecule has 0 spiro atoms. The molecule has 3 N–H and O–H groups in total. The van der Waals surface area contributed by atoms with E-state index in [1.165, 1.54) is 0 Å². The number of nitrogens with zero attached hydrogens (tertiary/aromatic N) is 3. The Hall–Kier alpha value is -0.728. The third-order valence-corrected chi connectivity index (χ3v) is 1.19. The van der Waals surface area contributed by atoms with Gasteiger partial charge < -0.3 is 10.7 Å². The van der Waals surface area contributed by atoms with Crippen LogP contribution in [0.15, 0.2) is 12.5 Å². The van der Waals surface area contributed by atoms with Gasteiger partial charge in [0.15, 0.2) is 5.65 Å². The van der Waals surface area contributed by atoms with Gasteiger partial charge in [0.1, 0.15) is 5.52 Å². The molecule has 0 bridgehead atoms. The second kappa shape index (κ2) is 3.11. The van der Waals surface area contributed by atoms with E-state index in [4.69, 9.17) is 5.73 Å². The van der Waals surface area contributed by atoms with Crippen molar-refractivity contribution in [3.8, 4) is 0 Å². The van der Waals surface area contributed by atoms with Crippen molar-refractivity contribution in [2.75, 3.05) is 5.73 Å². The Kier molecular flexibility index (Phi) is 2.37. The molecule has 0 unspecified atom stereocenters. The fourth-order valence-electron chi connectivity index (χ4n) is 0.749. The molecule has 2 heterocycles. The molecule has 0 amide bonds. The Bertz CT molecular complexity index is 356. The van der Waals surface area contributed by atoms with Crippen LogP contribution in [0.3, 0.4) is 0 Å². The zero-order chi connectivity index (χ0) is 6.97. The number of hydrogen-bond donors (Lipinski definition) is 2. The summed E-state index contributed by atoms with van der Waals surface area (Å²) in [4.78, 5) is 14.4. The van der Waals surface area contributed by atoms with E-state index >= 15 is 0 Å². The number of anilines is 1. The van der Waals surface area contributed by atoms with Crippen LogP contribution in [-0.2, 0) is 0 Å². The van der Waals surface area contributed by atoms with E-state index in [9.17, 15) is 0 Å². The minimum atomic E-state index is 0. The fraction of sp³-hybridized carbons (Fsp3) is 0. The summed E-state index contributed by atoms with van der Waals surface area (Å²) in [5.74, 6) is 0.250. The van der Waals surface area contributed by atoms with Crippen LogP contribution in [0.2, 0.25) is 0 Å². The number of aromatic nitrogens is 4. The second-order valence-corrected chi connectivity index (χ2v) is 1.87. The number of fused-ring (bicyclic) bond motifs is 1. The number of aromatic amines is 1. The van der Waals surface area contributed by atoms with Crippen molar-refractivity contribution in [3.05, 3.63) is 12.5 Å². The smallest absolute Gasteiger partial charge is 0.222 e. The SMILES string of the molecule is Nc1ncc2[nH]cnc2n1.[Tl]. The van der Waals surface area contributed by atoms with Gasteiger partial charge in [0.05, 0.1) is 12.5 Å². The van der Waals surface area contributed by atoms with Crippen LogP contribution in [0.1, 0.15) is 0 Å². The summed E-state index contributed by atoms with van der Waals surface area (Å²) in [6, 6.07) is 0. The number of H-pyrrole nitrogens is 1. The summed E-state index contributed by atoms with van der Waals surface area (Å²) >= 11 is 0. The summed E-state index contributed by atoms with van der Waals surface area (Å²) in [6.45, 7) is 0. The predicted molar refractivity (Wildman–Crippen MR) is 41.9 cm³/mol. The molecule has 1 radical (unpaired) electrons. The van der Waals surface area contributed by atoms with Crippen molar-refractivity contribution in [1.29, 1.82) is 0 Å². The Labute approximate surface area is 82.6 Å². The second-order valence-electron chi connectivity index (χ2n) is 1.87. The molecular formula is C5H5N5Tl. The zero-order valence-corrected chi connectivity index (χ0v) is 10.1. The minimum absolute atomic E-state index is 0. The molecule has 2 aromatic heterocycles. The van der Waals surface area contributed by atoms with Gasteiger partial charge in [-0.3, -0.25) is 0 Å². The molecule has 5 nitrogen and oxygen atoms in total. The maximum absolute atomic E-state index is 5.31. The van der Waals surface area contributed by atoms with Crippen LogP contribution >= 0.6 is 0 Å². The van der Waals surface area contributed by atoms with Crippen LogP contribution in [-0.4, -0.2) is 47.2 Å². The maximum Gasteiger partial charge on any atom is 0.222 e. The Morgan fingerprint density at radius 3 is 3.00 bits per heavy atom. The van der Waals surface area contributed by atoms with E-state index < -0.39 is 0 Å². The van der Waals surface area contributed by atoms with Crippen molar-refractivity contribution in [2.24, 2.45) is 0 Å². The van der Waals surface area contributed by atoms with Gasteiger partial charge in [0, 0.05) is 27.3 Å². The topological polar surface area (TPSA) is 80.5 Å². The van der Waals surface area contributed by atoms with Gasteiger partial charge in [-0.15, -0.1) is 0 Å². The summed E-state index contributed by atoms with van der Waals surface area (Å²) < 4.78 is 0. The van der Waals surface area contributed by atoms with Crippen LogP contribution in [0.4, 0.5) is 5.95 Å². The Morgan fingerprint density at radius 1 is 1.36 bits per heavy atom. The van der Waals surface area contributed by atoms with E-state index in [-0.39, 0.29) is 33.2 Å². The fourth-order valence-corrected chi connectivity index (χ4v) is 0.749. The monoisotopic (exact) mass is 340 g/mol. The molecule has 0 aromatic carbocycles. The largest absolute Gasteiger partial charge is 0.368 e. The Morgan fingerprint density at radius 2 is 2.18 bits per heavy atom. The maximum atomic E-state index is 5.31. The van der Waals surface area contributed by atoms with Crippen molar-refractivity contribution < 1.29 is 0 Å². The zero-order valence-electron chi connectivity index (χ0n) is 5.65. The van der Waals surface area contributed by atoms with Gasteiger partial charge in [0.25, 0.3) is 0 Å². The molecule has 0 aliphatic heterocycles. The molecule has 53 valence electrons. The van der Waals surface area contributed by atoms with E-state index in [0.29, 0.717) is 5.65 Å². The molecule has 0 atom stereocenters. The first-order chi connectivity index (χ1) is 4.86.